The van der Waals surface area contributed by atoms with Gasteiger partial charge >= 0.3 is 0 Å². The smallest absolute Gasteiger partial charge is 0.138 e. The summed E-state index contributed by atoms with van der Waals surface area (Å²) in [5.74, 6) is 2.32. The van der Waals surface area contributed by atoms with Crippen LogP contribution >= 0.6 is 0 Å². The molecule has 2 heterocycles. The fraction of sp³-hybridized carbons (Fsp3) is 0.429. The Labute approximate surface area is 108 Å². The molecule has 4 heteroatoms. The lowest BCUT2D eigenvalue weighted by Crippen LogP contribution is -2.09. The highest BCUT2D eigenvalue weighted by atomic mass is 15.1. The van der Waals surface area contributed by atoms with Gasteiger partial charge in [0.1, 0.15) is 11.6 Å². The second kappa shape index (κ2) is 5.31. The minimum atomic E-state index is 0.421. The van der Waals surface area contributed by atoms with Gasteiger partial charge in [-0.2, -0.15) is 0 Å². The third kappa shape index (κ3) is 2.59. The van der Waals surface area contributed by atoms with Gasteiger partial charge in [-0.05, 0) is 37.6 Å². The molecular formula is C14H20N4. The van der Waals surface area contributed by atoms with Gasteiger partial charge in [-0.15, -0.1) is 0 Å². The first-order valence-electron chi connectivity index (χ1n) is 6.27. The molecule has 18 heavy (non-hydrogen) atoms. The number of hydrogen-bond acceptors (Lipinski definition) is 3. The number of aryl methyl sites for hydroxylation is 1. The van der Waals surface area contributed by atoms with Crippen molar-refractivity contribution in [2.75, 3.05) is 7.05 Å². The van der Waals surface area contributed by atoms with Crippen LogP contribution in [0.1, 0.15) is 36.8 Å². The number of nitrogens with one attached hydrogen (secondary N) is 1. The quantitative estimate of drug-likeness (QED) is 0.898. The zero-order chi connectivity index (χ0) is 13.1. The van der Waals surface area contributed by atoms with Crippen molar-refractivity contribution in [1.82, 2.24) is 19.9 Å². The number of hydrogen-bond donors (Lipinski definition) is 1. The molecule has 0 saturated carbocycles. The summed E-state index contributed by atoms with van der Waals surface area (Å²) in [6, 6.07) is 4.27. The van der Waals surface area contributed by atoms with Gasteiger partial charge in [0.2, 0.25) is 0 Å². The molecular weight excluding hydrogens is 224 g/mol. The summed E-state index contributed by atoms with van der Waals surface area (Å²) in [6.07, 6.45) is 3.75. The van der Waals surface area contributed by atoms with E-state index in [1.807, 2.05) is 24.7 Å². The summed E-state index contributed by atoms with van der Waals surface area (Å²) in [7, 11) is 1.96. The summed E-state index contributed by atoms with van der Waals surface area (Å²) in [5.41, 5.74) is 2.37. The van der Waals surface area contributed by atoms with Crippen LogP contribution in [0, 0.1) is 6.92 Å². The largest absolute Gasteiger partial charge is 0.316 e. The van der Waals surface area contributed by atoms with E-state index in [9.17, 15) is 0 Å². The van der Waals surface area contributed by atoms with Gasteiger partial charge in [-0.3, -0.25) is 4.57 Å². The molecule has 0 aliphatic heterocycles. The molecule has 0 atom stereocenters. The van der Waals surface area contributed by atoms with Crippen LogP contribution in [0.15, 0.2) is 24.5 Å². The van der Waals surface area contributed by atoms with Crippen LogP contribution < -0.4 is 5.32 Å². The van der Waals surface area contributed by atoms with Crippen molar-refractivity contribution in [3.63, 3.8) is 0 Å². The summed E-state index contributed by atoms with van der Waals surface area (Å²) >= 11 is 0. The molecule has 2 aromatic rings. The predicted octanol–water partition coefficient (Wildman–Crippen LogP) is 2.42. The van der Waals surface area contributed by atoms with E-state index < -0.39 is 0 Å². The Balaban J connectivity index is 2.50. The standard InChI is InChI=1S/C14H20N4/c1-10(2)13-7-12(9-15-4)8-14(17-13)18-6-5-16-11(18)3/h5-8,10,15H,9H2,1-4H3. The second-order valence-electron chi connectivity index (χ2n) is 4.79. The van der Waals surface area contributed by atoms with Crippen LogP contribution in [0.5, 0.6) is 0 Å². The molecule has 0 aliphatic carbocycles. The average Bonchev–Trinajstić information content (AvgIpc) is 2.75. The maximum atomic E-state index is 4.71. The maximum absolute atomic E-state index is 4.71. The number of rotatable bonds is 4. The molecule has 1 N–H and O–H groups in total. The SMILES string of the molecule is CNCc1cc(C(C)C)nc(-n2ccnc2C)c1. The normalized spacial score (nSPS) is 11.2. The predicted molar refractivity (Wildman–Crippen MR) is 72.9 cm³/mol. The van der Waals surface area contributed by atoms with E-state index in [1.54, 1.807) is 6.20 Å². The van der Waals surface area contributed by atoms with E-state index in [2.05, 4.69) is 36.3 Å². The highest BCUT2D eigenvalue weighted by Crippen LogP contribution is 2.18. The van der Waals surface area contributed by atoms with Gasteiger partial charge < -0.3 is 5.32 Å². The molecule has 96 valence electrons. The van der Waals surface area contributed by atoms with E-state index >= 15 is 0 Å². The van der Waals surface area contributed by atoms with Crippen molar-refractivity contribution in [1.29, 1.82) is 0 Å². The van der Waals surface area contributed by atoms with E-state index in [0.717, 1.165) is 23.9 Å². The number of nitrogens with zero attached hydrogens (tertiary/aromatic N) is 3. The molecule has 2 rings (SSSR count). The Morgan fingerprint density at radius 1 is 1.33 bits per heavy atom. The molecule has 0 fully saturated rings. The van der Waals surface area contributed by atoms with Crippen molar-refractivity contribution in [2.24, 2.45) is 0 Å². The first-order valence-corrected chi connectivity index (χ1v) is 6.27. The fourth-order valence-electron chi connectivity index (χ4n) is 1.94. The zero-order valence-corrected chi connectivity index (χ0v) is 11.4. The first kappa shape index (κ1) is 12.8. The van der Waals surface area contributed by atoms with E-state index in [1.165, 1.54) is 5.56 Å². The Hall–Kier alpha value is -1.68. The van der Waals surface area contributed by atoms with Crippen LogP contribution in [-0.4, -0.2) is 21.6 Å². The number of aromatic nitrogens is 3. The summed E-state index contributed by atoms with van der Waals surface area (Å²) in [4.78, 5) is 8.96. The lowest BCUT2D eigenvalue weighted by Gasteiger charge is -2.12. The first-order chi connectivity index (χ1) is 8.61. The minimum Gasteiger partial charge on any atom is -0.316 e. The van der Waals surface area contributed by atoms with Gasteiger partial charge in [-0.1, -0.05) is 13.8 Å². The third-order valence-electron chi connectivity index (χ3n) is 2.94. The van der Waals surface area contributed by atoms with Crippen LogP contribution in [0.2, 0.25) is 0 Å². The molecule has 0 aliphatic rings. The molecule has 0 amide bonds. The van der Waals surface area contributed by atoms with Crippen molar-refractivity contribution in [2.45, 2.75) is 33.2 Å². The van der Waals surface area contributed by atoms with Gasteiger partial charge in [0.15, 0.2) is 0 Å². The van der Waals surface area contributed by atoms with Gasteiger partial charge in [0.25, 0.3) is 0 Å². The molecule has 0 saturated heterocycles. The van der Waals surface area contributed by atoms with E-state index in [0.29, 0.717) is 5.92 Å². The Kier molecular flexibility index (Phi) is 3.77. The molecule has 4 nitrogen and oxygen atoms in total. The molecule has 0 spiro atoms. The second-order valence-corrected chi connectivity index (χ2v) is 4.79. The lowest BCUT2D eigenvalue weighted by molar-refractivity contribution is 0.774. The lowest BCUT2D eigenvalue weighted by atomic mass is 10.1. The molecule has 2 aromatic heterocycles. The topological polar surface area (TPSA) is 42.7 Å². The van der Waals surface area contributed by atoms with Crippen LogP contribution in [-0.2, 0) is 6.54 Å². The molecule has 0 radical (unpaired) electrons. The van der Waals surface area contributed by atoms with Crippen LogP contribution in [0.4, 0.5) is 0 Å². The highest BCUT2D eigenvalue weighted by Gasteiger charge is 2.08. The summed E-state index contributed by atoms with van der Waals surface area (Å²) < 4.78 is 2.02. The van der Waals surface area contributed by atoms with Crippen molar-refractivity contribution in [3.8, 4) is 5.82 Å². The Bertz CT molecular complexity index is 528. The molecule has 0 bridgehead atoms. The van der Waals surface area contributed by atoms with Crippen LogP contribution in [0.25, 0.3) is 5.82 Å². The zero-order valence-electron chi connectivity index (χ0n) is 11.4. The Morgan fingerprint density at radius 2 is 2.11 bits per heavy atom. The highest BCUT2D eigenvalue weighted by molar-refractivity contribution is 5.33. The van der Waals surface area contributed by atoms with Crippen molar-refractivity contribution < 1.29 is 0 Å². The third-order valence-corrected chi connectivity index (χ3v) is 2.94. The van der Waals surface area contributed by atoms with Crippen molar-refractivity contribution in [3.05, 3.63) is 41.6 Å². The summed E-state index contributed by atoms with van der Waals surface area (Å²) in [6.45, 7) is 7.16. The number of imidazole rings is 1. The maximum Gasteiger partial charge on any atom is 0.138 e. The molecule has 0 unspecified atom stereocenters. The van der Waals surface area contributed by atoms with E-state index in [-0.39, 0.29) is 0 Å². The van der Waals surface area contributed by atoms with Gasteiger partial charge in [0.05, 0.1) is 0 Å². The monoisotopic (exact) mass is 244 g/mol. The van der Waals surface area contributed by atoms with Crippen LogP contribution in [0.3, 0.4) is 0 Å². The number of pyridine rings is 1. The van der Waals surface area contributed by atoms with Gasteiger partial charge in [-0.25, -0.2) is 9.97 Å². The fourth-order valence-corrected chi connectivity index (χ4v) is 1.94. The van der Waals surface area contributed by atoms with E-state index in [4.69, 9.17) is 4.98 Å². The Morgan fingerprint density at radius 3 is 2.67 bits per heavy atom. The average molecular weight is 244 g/mol. The molecule has 0 aromatic carbocycles. The van der Waals surface area contributed by atoms with Gasteiger partial charge in [0, 0.05) is 24.6 Å². The minimum absolute atomic E-state index is 0.421. The van der Waals surface area contributed by atoms with Crippen molar-refractivity contribution >= 4 is 0 Å². The summed E-state index contributed by atoms with van der Waals surface area (Å²) in [5, 5.41) is 3.18.